The average molecular weight is 316 g/mol. The van der Waals surface area contributed by atoms with Gasteiger partial charge in [0.1, 0.15) is 0 Å². The smallest absolute Gasteiger partial charge is 0.320 e. The summed E-state index contributed by atoms with van der Waals surface area (Å²) in [6.07, 6.45) is -0.562. The van der Waals surface area contributed by atoms with Crippen molar-refractivity contribution in [3.8, 4) is 5.69 Å². The molecule has 0 aliphatic heterocycles. The summed E-state index contributed by atoms with van der Waals surface area (Å²) in [5.41, 5.74) is 3.04. The van der Waals surface area contributed by atoms with Crippen LogP contribution in [0.3, 0.4) is 0 Å². The number of anilines is 1. The molecule has 3 N–H and O–H groups in total. The topological polar surface area (TPSA) is 79.2 Å². The first kappa shape index (κ1) is 17.0. The van der Waals surface area contributed by atoms with Crippen molar-refractivity contribution in [1.82, 2.24) is 15.1 Å². The number of amides is 2. The highest BCUT2D eigenvalue weighted by molar-refractivity contribution is 5.88. The molecule has 0 aliphatic carbocycles. The second-order valence-electron chi connectivity index (χ2n) is 6.06. The first-order valence-electron chi connectivity index (χ1n) is 7.73. The standard InChI is InChI=1S/C17H24N4O2/c1-11(2)15(22)10-18-17(23)19-16-9-13(4)21(20-16)14-7-5-12(3)6-8-14/h5-9,11,15,22H,10H2,1-4H3,(H2,18,19,20,23). The summed E-state index contributed by atoms with van der Waals surface area (Å²) in [6, 6.07) is 9.43. The zero-order chi connectivity index (χ0) is 17.0. The summed E-state index contributed by atoms with van der Waals surface area (Å²) in [7, 11) is 0. The molecule has 1 atom stereocenters. The largest absolute Gasteiger partial charge is 0.391 e. The molecule has 1 unspecified atom stereocenters. The number of hydrogen-bond donors (Lipinski definition) is 3. The highest BCUT2D eigenvalue weighted by atomic mass is 16.3. The fraction of sp³-hybridized carbons (Fsp3) is 0.412. The third-order valence-corrected chi connectivity index (χ3v) is 3.65. The van der Waals surface area contributed by atoms with Crippen LogP contribution in [0, 0.1) is 19.8 Å². The number of carbonyl (C=O) groups is 1. The molecule has 2 amide bonds. The summed E-state index contributed by atoms with van der Waals surface area (Å²) in [4.78, 5) is 11.9. The van der Waals surface area contributed by atoms with E-state index in [4.69, 9.17) is 0 Å². The molecule has 1 heterocycles. The molecule has 2 aromatic rings. The number of carbonyl (C=O) groups excluding carboxylic acids is 1. The number of aliphatic hydroxyl groups is 1. The van der Waals surface area contributed by atoms with Crippen molar-refractivity contribution >= 4 is 11.8 Å². The first-order chi connectivity index (χ1) is 10.9. The van der Waals surface area contributed by atoms with E-state index in [-0.39, 0.29) is 18.5 Å². The van der Waals surface area contributed by atoms with Gasteiger partial charge in [-0.25, -0.2) is 9.48 Å². The molecule has 6 heteroatoms. The minimum atomic E-state index is -0.562. The van der Waals surface area contributed by atoms with Crippen LogP contribution in [0.4, 0.5) is 10.6 Å². The van der Waals surface area contributed by atoms with Gasteiger partial charge in [-0.2, -0.15) is 0 Å². The molecule has 124 valence electrons. The maximum absolute atomic E-state index is 11.9. The number of hydrogen-bond acceptors (Lipinski definition) is 3. The lowest BCUT2D eigenvalue weighted by molar-refractivity contribution is 0.126. The predicted octanol–water partition coefficient (Wildman–Crippen LogP) is 2.63. The molecule has 0 radical (unpaired) electrons. The Hall–Kier alpha value is -2.34. The Balaban J connectivity index is 2.01. The maximum atomic E-state index is 11.9. The average Bonchev–Trinajstić information content (AvgIpc) is 2.86. The van der Waals surface area contributed by atoms with Crippen LogP contribution in [-0.4, -0.2) is 33.6 Å². The van der Waals surface area contributed by atoms with E-state index in [0.717, 1.165) is 11.4 Å². The number of urea groups is 1. The van der Waals surface area contributed by atoms with Crippen molar-refractivity contribution < 1.29 is 9.90 Å². The summed E-state index contributed by atoms with van der Waals surface area (Å²) in [5, 5.41) is 19.4. The normalized spacial score (nSPS) is 12.3. The van der Waals surface area contributed by atoms with Crippen LogP contribution in [0.25, 0.3) is 5.69 Å². The van der Waals surface area contributed by atoms with E-state index in [0.29, 0.717) is 5.82 Å². The Morgan fingerprint density at radius 3 is 2.52 bits per heavy atom. The van der Waals surface area contributed by atoms with Crippen molar-refractivity contribution in [2.75, 3.05) is 11.9 Å². The lowest BCUT2D eigenvalue weighted by Gasteiger charge is -2.14. The second kappa shape index (κ2) is 7.28. The van der Waals surface area contributed by atoms with Crippen molar-refractivity contribution in [3.63, 3.8) is 0 Å². The number of nitrogens with zero attached hydrogens (tertiary/aromatic N) is 2. The SMILES string of the molecule is Cc1ccc(-n2nc(NC(=O)NCC(O)C(C)C)cc2C)cc1. The van der Waals surface area contributed by atoms with E-state index in [2.05, 4.69) is 15.7 Å². The first-order valence-corrected chi connectivity index (χ1v) is 7.73. The number of aliphatic hydroxyl groups excluding tert-OH is 1. The van der Waals surface area contributed by atoms with Crippen molar-refractivity contribution in [2.24, 2.45) is 5.92 Å². The molecule has 0 fully saturated rings. The quantitative estimate of drug-likeness (QED) is 0.793. The minimum absolute atomic E-state index is 0.0956. The zero-order valence-corrected chi connectivity index (χ0v) is 14.0. The zero-order valence-electron chi connectivity index (χ0n) is 14.0. The molecule has 23 heavy (non-hydrogen) atoms. The molecule has 1 aromatic heterocycles. The monoisotopic (exact) mass is 316 g/mol. The Bertz CT molecular complexity index is 662. The Morgan fingerprint density at radius 1 is 1.26 bits per heavy atom. The molecule has 0 bridgehead atoms. The van der Waals surface area contributed by atoms with Crippen LogP contribution in [0.15, 0.2) is 30.3 Å². The van der Waals surface area contributed by atoms with E-state index in [9.17, 15) is 9.90 Å². The third kappa shape index (κ3) is 4.56. The van der Waals surface area contributed by atoms with E-state index in [1.165, 1.54) is 5.56 Å². The molecule has 1 aromatic carbocycles. The van der Waals surface area contributed by atoms with E-state index in [1.807, 2.05) is 52.0 Å². The van der Waals surface area contributed by atoms with Gasteiger partial charge in [0, 0.05) is 18.3 Å². The van der Waals surface area contributed by atoms with Crippen LogP contribution in [0.2, 0.25) is 0 Å². The summed E-state index contributed by atoms with van der Waals surface area (Å²) < 4.78 is 1.78. The maximum Gasteiger partial charge on any atom is 0.320 e. The number of aromatic nitrogens is 2. The van der Waals surface area contributed by atoms with Gasteiger partial charge >= 0.3 is 6.03 Å². The molecule has 0 spiro atoms. The molecular weight excluding hydrogens is 292 g/mol. The van der Waals surface area contributed by atoms with Gasteiger partial charge in [-0.15, -0.1) is 5.10 Å². The molecule has 0 saturated heterocycles. The van der Waals surface area contributed by atoms with Crippen LogP contribution in [0.1, 0.15) is 25.1 Å². The van der Waals surface area contributed by atoms with E-state index in [1.54, 1.807) is 10.7 Å². The Morgan fingerprint density at radius 2 is 1.91 bits per heavy atom. The summed E-state index contributed by atoms with van der Waals surface area (Å²) in [6.45, 7) is 7.97. The predicted molar refractivity (Wildman–Crippen MR) is 90.9 cm³/mol. The van der Waals surface area contributed by atoms with Gasteiger partial charge in [0.15, 0.2) is 5.82 Å². The van der Waals surface area contributed by atoms with Crippen LogP contribution in [0.5, 0.6) is 0 Å². The van der Waals surface area contributed by atoms with Gasteiger partial charge in [-0.1, -0.05) is 31.5 Å². The van der Waals surface area contributed by atoms with E-state index < -0.39 is 6.10 Å². The molecule has 2 rings (SSSR count). The highest BCUT2D eigenvalue weighted by Crippen LogP contribution is 2.15. The number of aryl methyl sites for hydroxylation is 2. The second-order valence-corrected chi connectivity index (χ2v) is 6.06. The lowest BCUT2D eigenvalue weighted by Crippen LogP contribution is -2.37. The van der Waals surface area contributed by atoms with Crippen molar-refractivity contribution in [1.29, 1.82) is 0 Å². The summed E-state index contributed by atoms with van der Waals surface area (Å²) in [5.74, 6) is 0.568. The van der Waals surface area contributed by atoms with Crippen LogP contribution in [-0.2, 0) is 0 Å². The number of nitrogens with one attached hydrogen (secondary N) is 2. The fourth-order valence-electron chi connectivity index (χ4n) is 2.08. The van der Waals surface area contributed by atoms with Gasteiger partial charge in [0.05, 0.1) is 11.8 Å². The van der Waals surface area contributed by atoms with Gasteiger partial charge in [0.25, 0.3) is 0 Å². The lowest BCUT2D eigenvalue weighted by atomic mass is 10.1. The van der Waals surface area contributed by atoms with E-state index >= 15 is 0 Å². The fourth-order valence-corrected chi connectivity index (χ4v) is 2.08. The number of benzene rings is 1. The summed E-state index contributed by atoms with van der Waals surface area (Å²) >= 11 is 0. The third-order valence-electron chi connectivity index (χ3n) is 3.65. The van der Waals surface area contributed by atoms with Gasteiger partial charge < -0.3 is 10.4 Å². The molecular formula is C17H24N4O2. The Labute approximate surface area is 136 Å². The van der Waals surface area contributed by atoms with Crippen LogP contribution < -0.4 is 10.6 Å². The van der Waals surface area contributed by atoms with Gasteiger partial charge in [0.2, 0.25) is 0 Å². The molecule has 0 saturated carbocycles. The van der Waals surface area contributed by atoms with Gasteiger partial charge in [-0.05, 0) is 31.9 Å². The van der Waals surface area contributed by atoms with Crippen molar-refractivity contribution in [2.45, 2.75) is 33.8 Å². The Kier molecular flexibility index (Phi) is 5.39. The van der Waals surface area contributed by atoms with Gasteiger partial charge in [-0.3, -0.25) is 5.32 Å². The number of rotatable bonds is 5. The van der Waals surface area contributed by atoms with Crippen molar-refractivity contribution in [3.05, 3.63) is 41.6 Å². The van der Waals surface area contributed by atoms with Crippen LogP contribution >= 0.6 is 0 Å². The molecule has 0 aliphatic rings. The minimum Gasteiger partial charge on any atom is -0.391 e. The molecule has 6 nitrogen and oxygen atoms in total. The highest BCUT2D eigenvalue weighted by Gasteiger charge is 2.12.